The maximum Gasteiger partial charge on any atom is 0.303 e. The van der Waals surface area contributed by atoms with Gasteiger partial charge in [0.05, 0.1) is 31.8 Å². The van der Waals surface area contributed by atoms with E-state index in [1.54, 1.807) is 26.0 Å². The highest BCUT2D eigenvalue weighted by Crippen LogP contribution is 2.29. The molecule has 142 valence electrons. The van der Waals surface area contributed by atoms with Crippen molar-refractivity contribution in [3.8, 4) is 11.5 Å². The van der Waals surface area contributed by atoms with Crippen LogP contribution in [0.2, 0.25) is 0 Å². The molecule has 0 aliphatic rings. The fraction of sp³-hybridized carbons (Fsp3) is 0.300. The number of methoxy groups -OCH3 is 2. The number of imidazole rings is 1. The van der Waals surface area contributed by atoms with Crippen LogP contribution in [-0.4, -0.2) is 40.6 Å². The summed E-state index contributed by atoms with van der Waals surface area (Å²) in [5, 5.41) is 9.69. The van der Waals surface area contributed by atoms with Crippen LogP contribution in [0.5, 0.6) is 11.5 Å². The Morgan fingerprint density at radius 1 is 1.15 bits per heavy atom. The zero-order valence-corrected chi connectivity index (χ0v) is 16.2. The minimum Gasteiger partial charge on any atom is -0.497 e. The molecule has 0 unspecified atom stereocenters. The number of thioether (sulfide) groups is 1. The topological polar surface area (TPSA) is 73.6 Å². The third-order valence-electron chi connectivity index (χ3n) is 4.16. The summed E-state index contributed by atoms with van der Waals surface area (Å²) in [7, 11) is 3.29. The van der Waals surface area contributed by atoms with Crippen LogP contribution >= 0.6 is 11.8 Å². The van der Waals surface area contributed by atoms with E-state index >= 15 is 0 Å². The lowest BCUT2D eigenvalue weighted by molar-refractivity contribution is -0.137. The Labute approximate surface area is 162 Å². The molecule has 2 aromatic carbocycles. The number of hydrogen-bond donors (Lipinski definition) is 1. The van der Waals surface area contributed by atoms with Gasteiger partial charge >= 0.3 is 5.97 Å². The molecule has 0 saturated carbocycles. The number of rotatable bonds is 9. The largest absolute Gasteiger partial charge is 0.497 e. The van der Waals surface area contributed by atoms with Crippen molar-refractivity contribution in [1.82, 2.24) is 9.55 Å². The lowest BCUT2D eigenvalue weighted by Crippen LogP contribution is -2.03. The van der Waals surface area contributed by atoms with Gasteiger partial charge in [-0.3, -0.25) is 4.79 Å². The van der Waals surface area contributed by atoms with Gasteiger partial charge < -0.3 is 19.1 Å². The number of aliphatic carboxylic acids is 1. The molecule has 6 nitrogen and oxygen atoms in total. The van der Waals surface area contributed by atoms with Gasteiger partial charge in [0.15, 0.2) is 5.16 Å². The normalized spacial score (nSPS) is 10.9. The van der Waals surface area contributed by atoms with Gasteiger partial charge in [-0.05, 0) is 36.2 Å². The van der Waals surface area contributed by atoms with E-state index in [1.165, 1.54) is 0 Å². The first kappa shape index (κ1) is 19.1. The van der Waals surface area contributed by atoms with Crippen LogP contribution in [0, 0.1) is 0 Å². The van der Waals surface area contributed by atoms with Gasteiger partial charge in [-0.1, -0.05) is 23.9 Å². The number of nitrogens with zero attached hydrogens (tertiary/aromatic N) is 2. The molecule has 1 heterocycles. The molecule has 0 amide bonds. The third-order valence-corrected chi connectivity index (χ3v) is 5.22. The zero-order chi connectivity index (χ0) is 19.2. The molecular formula is C20H22N2O4S. The van der Waals surface area contributed by atoms with Crippen LogP contribution < -0.4 is 9.47 Å². The van der Waals surface area contributed by atoms with Crippen LogP contribution in [0.25, 0.3) is 11.0 Å². The standard InChI is InChI=1S/C20H22N2O4S/c1-25-15-6-3-5-14(11-15)13-22-18-9-8-16(26-2)12-17(18)21-20(22)27-10-4-7-19(23)24/h3,5-6,8-9,11-12H,4,7,10,13H2,1-2H3,(H,23,24). The van der Waals surface area contributed by atoms with Crippen LogP contribution in [0.3, 0.4) is 0 Å². The highest BCUT2D eigenvalue weighted by Gasteiger charge is 2.13. The molecule has 1 N–H and O–H groups in total. The lowest BCUT2D eigenvalue weighted by Gasteiger charge is -2.10. The SMILES string of the molecule is COc1cccc(Cn2c(SCCCC(=O)O)nc3cc(OC)ccc32)c1. The van der Waals surface area contributed by atoms with Gasteiger partial charge in [-0.25, -0.2) is 4.98 Å². The third kappa shape index (κ3) is 4.74. The number of carboxylic acid groups (broad SMARTS) is 1. The Hall–Kier alpha value is -2.67. The fourth-order valence-electron chi connectivity index (χ4n) is 2.82. The molecule has 3 rings (SSSR count). The summed E-state index contributed by atoms with van der Waals surface area (Å²) in [6.45, 7) is 0.654. The van der Waals surface area contributed by atoms with Gasteiger partial charge in [0.25, 0.3) is 0 Å². The van der Waals surface area contributed by atoms with Crippen LogP contribution in [0.1, 0.15) is 18.4 Å². The molecular weight excluding hydrogens is 364 g/mol. The number of fused-ring (bicyclic) bond motifs is 1. The predicted octanol–water partition coefficient (Wildman–Crippen LogP) is 4.06. The van der Waals surface area contributed by atoms with E-state index in [0.29, 0.717) is 18.7 Å². The molecule has 0 bridgehead atoms. The number of carbonyl (C=O) groups is 1. The summed E-state index contributed by atoms with van der Waals surface area (Å²) in [5.41, 5.74) is 2.98. The van der Waals surface area contributed by atoms with Gasteiger partial charge in [0.1, 0.15) is 11.5 Å². The predicted molar refractivity (Wildman–Crippen MR) is 106 cm³/mol. The van der Waals surface area contributed by atoms with Crippen LogP contribution in [-0.2, 0) is 11.3 Å². The van der Waals surface area contributed by atoms with Crippen molar-refractivity contribution in [3.63, 3.8) is 0 Å². The molecule has 1 aromatic heterocycles. The second-order valence-electron chi connectivity index (χ2n) is 6.03. The summed E-state index contributed by atoms with van der Waals surface area (Å²) in [5.74, 6) is 1.50. The van der Waals surface area contributed by atoms with E-state index in [-0.39, 0.29) is 6.42 Å². The Kier molecular flexibility index (Phi) is 6.24. The summed E-state index contributed by atoms with van der Waals surface area (Å²) < 4.78 is 12.8. The average molecular weight is 386 g/mol. The van der Waals surface area contributed by atoms with Crippen molar-refractivity contribution in [1.29, 1.82) is 0 Å². The van der Waals surface area contributed by atoms with Crippen molar-refractivity contribution in [2.24, 2.45) is 0 Å². The number of aromatic nitrogens is 2. The van der Waals surface area contributed by atoms with E-state index in [4.69, 9.17) is 19.6 Å². The van der Waals surface area contributed by atoms with E-state index < -0.39 is 5.97 Å². The molecule has 3 aromatic rings. The Balaban J connectivity index is 1.91. The molecule has 0 fully saturated rings. The molecule has 0 atom stereocenters. The minimum absolute atomic E-state index is 0.164. The summed E-state index contributed by atoms with van der Waals surface area (Å²) in [4.78, 5) is 15.5. The van der Waals surface area contributed by atoms with Crippen LogP contribution in [0.4, 0.5) is 0 Å². The lowest BCUT2D eigenvalue weighted by atomic mass is 10.2. The van der Waals surface area contributed by atoms with Gasteiger partial charge in [0, 0.05) is 18.2 Å². The summed E-state index contributed by atoms with van der Waals surface area (Å²) in [6, 6.07) is 13.8. The molecule has 0 aliphatic heterocycles. The first-order valence-electron chi connectivity index (χ1n) is 8.62. The Bertz CT molecular complexity index is 939. The molecule has 0 aliphatic carbocycles. The molecule has 7 heteroatoms. The highest BCUT2D eigenvalue weighted by atomic mass is 32.2. The van der Waals surface area contributed by atoms with Crippen molar-refractivity contribution < 1.29 is 19.4 Å². The molecule has 0 spiro atoms. The van der Waals surface area contributed by atoms with Gasteiger partial charge in [0.2, 0.25) is 0 Å². The fourth-order valence-corrected chi connectivity index (χ4v) is 3.77. The van der Waals surface area contributed by atoms with Gasteiger partial charge in [-0.15, -0.1) is 0 Å². The van der Waals surface area contributed by atoms with Crippen LogP contribution in [0.15, 0.2) is 47.6 Å². The van der Waals surface area contributed by atoms with Crippen molar-refractivity contribution in [3.05, 3.63) is 48.0 Å². The monoisotopic (exact) mass is 386 g/mol. The van der Waals surface area contributed by atoms with Gasteiger partial charge in [-0.2, -0.15) is 0 Å². The number of carboxylic acids is 1. The maximum absolute atomic E-state index is 10.7. The van der Waals surface area contributed by atoms with E-state index in [2.05, 4.69) is 10.6 Å². The van der Waals surface area contributed by atoms with Crippen molar-refractivity contribution >= 4 is 28.8 Å². The smallest absolute Gasteiger partial charge is 0.303 e. The Morgan fingerprint density at radius 3 is 2.67 bits per heavy atom. The second-order valence-corrected chi connectivity index (χ2v) is 7.09. The second kappa shape index (κ2) is 8.81. The van der Waals surface area contributed by atoms with Crippen molar-refractivity contribution in [2.75, 3.05) is 20.0 Å². The highest BCUT2D eigenvalue weighted by molar-refractivity contribution is 7.99. The minimum atomic E-state index is -0.773. The molecule has 27 heavy (non-hydrogen) atoms. The van der Waals surface area contributed by atoms with E-state index in [9.17, 15) is 4.79 Å². The Morgan fingerprint density at radius 2 is 1.93 bits per heavy atom. The zero-order valence-electron chi connectivity index (χ0n) is 15.3. The summed E-state index contributed by atoms with van der Waals surface area (Å²) >= 11 is 1.57. The van der Waals surface area contributed by atoms with E-state index in [1.807, 2.05) is 36.4 Å². The quantitative estimate of drug-likeness (QED) is 0.442. The average Bonchev–Trinajstić information content (AvgIpc) is 3.01. The van der Waals surface area contributed by atoms with E-state index in [0.717, 1.165) is 33.3 Å². The first-order valence-corrected chi connectivity index (χ1v) is 9.61. The molecule has 0 radical (unpaired) electrons. The maximum atomic E-state index is 10.7. The molecule has 0 saturated heterocycles. The van der Waals surface area contributed by atoms with Crippen molar-refractivity contribution in [2.45, 2.75) is 24.5 Å². The number of hydrogen-bond acceptors (Lipinski definition) is 5. The first-order chi connectivity index (χ1) is 13.1. The summed E-state index contributed by atoms with van der Waals surface area (Å²) in [6.07, 6.45) is 0.766. The number of ether oxygens (including phenoxy) is 2. The number of benzene rings is 2.